The van der Waals surface area contributed by atoms with Gasteiger partial charge in [-0.15, -0.1) is 0 Å². The lowest BCUT2D eigenvalue weighted by molar-refractivity contribution is 0.441. The number of benzene rings is 12. The molecule has 0 radical (unpaired) electrons. The standard InChI is InChI=1S/C78H48Br6Cl6N9O12P3/c79-49-1-19-73(43(25-49)37-91-61-13-7-60(90)36-72(61)105)106-112(107-74-20-2-50(80)26-44(74)38-92-62-31-55(85)8-14-67(62)100)97-113(108-75-21-3-51(81)27-45(75)39-93-63-32-56(86)9-15-68(63)101,109-76-22-4-52(82)28-46(76)40-94-64-33-57(87)10-16-69(64)102)99-114(98-112,110-77-23-5-53(83)29-47(77)41-95-65-34-58(88)11-17-70(65)103)111-78-24-6-54(84)30-48(78)42-96-66-35-59(89)12-18-71(66)104/h1-42,100-105H. The Labute approximate surface area is 731 Å². The second-order valence-electron chi connectivity index (χ2n) is 23.7. The van der Waals surface area contributed by atoms with Crippen molar-refractivity contribution in [2.24, 2.45) is 43.5 Å². The number of hydrogen-bond donors (Lipinski definition) is 6. The van der Waals surface area contributed by atoms with E-state index in [9.17, 15) is 30.6 Å². The molecule has 1 unspecified atom stereocenters. The molecule has 1 aliphatic heterocycles. The Balaban J connectivity index is 1.21. The summed E-state index contributed by atoms with van der Waals surface area (Å²) in [5.74, 6) is -1.86. The molecule has 1 heterocycles. The lowest BCUT2D eigenvalue weighted by atomic mass is 10.2. The smallest absolute Gasteiger partial charge is 0.460 e. The zero-order chi connectivity index (χ0) is 80.6. The van der Waals surface area contributed by atoms with E-state index in [1.807, 2.05) is 0 Å². The van der Waals surface area contributed by atoms with Crippen LogP contribution in [0.5, 0.6) is 69.0 Å². The van der Waals surface area contributed by atoms with Crippen LogP contribution in [-0.4, -0.2) is 67.9 Å². The zero-order valence-corrected chi connectivity index (χ0v) is 74.0. The Morgan fingerprint density at radius 1 is 0.228 bits per heavy atom. The maximum Gasteiger partial charge on any atom is 0.460 e. The van der Waals surface area contributed by atoms with Gasteiger partial charge in [-0.25, -0.2) is 0 Å². The van der Waals surface area contributed by atoms with Gasteiger partial charge in [0.15, 0.2) is 0 Å². The number of aromatic hydroxyl groups is 6. The van der Waals surface area contributed by atoms with E-state index in [-0.39, 0.29) is 167 Å². The van der Waals surface area contributed by atoms with Gasteiger partial charge in [0.25, 0.3) is 0 Å². The summed E-state index contributed by atoms with van der Waals surface area (Å²) in [5, 5.41) is 68.9. The van der Waals surface area contributed by atoms with Crippen molar-refractivity contribution in [2.45, 2.75) is 0 Å². The molecule has 114 heavy (non-hydrogen) atoms. The molecule has 6 N–H and O–H groups in total. The van der Waals surface area contributed by atoms with E-state index in [2.05, 4.69) is 95.6 Å². The maximum atomic E-state index is 11.3. The molecule has 12 aromatic carbocycles. The number of nitrogens with zero attached hydrogens (tertiary/aromatic N) is 9. The molecule has 1 aliphatic rings. The van der Waals surface area contributed by atoms with Crippen LogP contribution in [0.2, 0.25) is 30.1 Å². The zero-order valence-electron chi connectivity index (χ0n) is 57.3. The maximum absolute atomic E-state index is 11.3. The monoisotopic (exact) mass is 2080 g/mol. The first-order valence-electron chi connectivity index (χ1n) is 32.6. The molecule has 0 aromatic heterocycles. The van der Waals surface area contributed by atoms with Crippen molar-refractivity contribution in [3.8, 4) is 69.0 Å². The number of rotatable bonds is 24. The van der Waals surface area contributed by atoms with Gasteiger partial charge in [0.1, 0.15) is 103 Å². The number of hydrogen-bond acceptors (Lipinski definition) is 21. The van der Waals surface area contributed by atoms with Gasteiger partial charge in [-0.1, -0.05) is 179 Å². The molecule has 0 amide bonds. The molecule has 13 rings (SSSR count). The number of phenols is 6. The highest BCUT2D eigenvalue weighted by molar-refractivity contribution is 9.11. The number of halogens is 12. The summed E-state index contributed by atoms with van der Waals surface area (Å²) in [7, 11) is -15.7. The normalized spacial score (nSPS) is 16.2. The Hall–Kier alpha value is -8.43. The molecule has 576 valence electrons. The third-order valence-electron chi connectivity index (χ3n) is 15.5. The fourth-order valence-electron chi connectivity index (χ4n) is 10.2. The van der Waals surface area contributed by atoms with Crippen LogP contribution in [0.25, 0.3) is 0 Å². The van der Waals surface area contributed by atoms with Crippen LogP contribution in [0.4, 0.5) is 34.1 Å². The van der Waals surface area contributed by atoms with Crippen LogP contribution in [0, 0.1) is 0 Å². The van der Waals surface area contributed by atoms with E-state index in [0.29, 0.717) is 26.8 Å². The summed E-state index contributed by atoms with van der Waals surface area (Å²) in [6, 6.07) is 55.2. The van der Waals surface area contributed by atoms with Gasteiger partial charge in [0, 0.05) is 134 Å². The number of phenolic OH excluding ortho intramolecular Hbond substituents is 6. The van der Waals surface area contributed by atoms with Crippen molar-refractivity contribution in [1.29, 1.82) is 0 Å². The molecule has 0 saturated carbocycles. The molecule has 0 aliphatic carbocycles. The Morgan fingerprint density at radius 2 is 0.412 bits per heavy atom. The molecule has 0 spiro atoms. The minimum Gasteiger partial charge on any atom is -0.506 e. The first kappa shape index (κ1) is 83.5. The summed E-state index contributed by atoms with van der Waals surface area (Å²) in [5.41, 5.74) is 1.49. The first-order valence-corrected chi connectivity index (χ1v) is 44.2. The highest BCUT2D eigenvalue weighted by Gasteiger charge is 2.50. The van der Waals surface area contributed by atoms with Crippen molar-refractivity contribution in [1.82, 2.24) is 0 Å². The van der Waals surface area contributed by atoms with E-state index in [0.717, 1.165) is 0 Å². The van der Waals surface area contributed by atoms with Gasteiger partial charge in [-0.2, -0.15) is 0 Å². The second kappa shape index (κ2) is 36.8. The van der Waals surface area contributed by atoms with Crippen molar-refractivity contribution in [3.63, 3.8) is 0 Å². The Kier molecular flexibility index (Phi) is 27.0. The molecular formula is C78H48Br6Cl6N9O12P3. The fourth-order valence-corrected chi connectivity index (χ4v) is 22.7. The minimum atomic E-state index is -5.23. The van der Waals surface area contributed by atoms with Gasteiger partial charge >= 0.3 is 23.0 Å². The fraction of sp³-hybridized carbons (Fsp3) is 0. The van der Waals surface area contributed by atoms with Crippen molar-refractivity contribution in [3.05, 3.63) is 309 Å². The molecule has 0 bridgehead atoms. The highest BCUT2D eigenvalue weighted by Crippen LogP contribution is 2.79. The third kappa shape index (κ3) is 21.4. The van der Waals surface area contributed by atoms with Crippen LogP contribution >= 0.6 is 188 Å². The SMILES string of the molecule is Oc1cc(Cl)ccc1N=Cc1cc(Br)ccc1OP1(Oc2ccc(Br)cc2C=Nc2cc(Cl)ccc2O)=NP(Oc2ccc(Br)cc2C=Nc2cc(Cl)ccc2O)(Oc2ccc(Br)cc2C=Nc2cc(Cl)ccc2O)=NP(Oc2ccc(Br)cc2C=Nc2cc(Cl)ccc2O)(Oc2ccc(Br)cc2C=Nc2cc(Cl)ccc2O)=N1. The van der Waals surface area contributed by atoms with Crippen LogP contribution in [0.15, 0.2) is 289 Å². The quantitative estimate of drug-likeness (QED) is 0.0243. The predicted molar refractivity (Wildman–Crippen MR) is 479 cm³/mol. The molecule has 21 nitrogen and oxygen atoms in total. The van der Waals surface area contributed by atoms with Gasteiger partial charge in [-0.05, 0) is 212 Å². The van der Waals surface area contributed by atoms with Crippen LogP contribution in [-0.2, 0) is 0 Å². The van der Waals surface area contributed by atoms with E-state index in [1.165, 1.54) is 140 Å². The van der Waals surface area contributed by atoms with Crippen LogP contribution in [0.3, 0.4) is 0 Å². The summed E-state index contributed by atoms with van der Waals surface area (Å²) in [6.45, 7) is 0. The second-order valence-corrected chi connectivity index (χ2v) is 38.0. The van der Waals surface area contributed by atoms with Crippen LogP contribution in [0.1, 0.15) is 33.4 Å². The Bertz CT molecular complexity index is 5740. The molecule has 1 atom stereocenters. The van der Waals surface area contributed by atoms with Crippen LogP contribution < -0.4 is 27.1 Å². The van der Waals surface area contributed by atoms with E-state index >= 15 is 0 Å². The van der Waals surface area contributed by atoms with Gasteiger partial charge in [-0.3, -0.25) is 30.0 Å². The van der Waals surface area contributed by atoms with Gasteiger partial charge < -0.3 is 57.8 Å². The average Bonchev–Trinajstić information content (AvgIpc) is 0.722. The van der Waals surface area contributed by atoms with Crippen molar-refractivity contribution >= 4 is 260 Å². The summed E-state index contributed by atoms with van der Waals surface area (Å²) >= 11 is 60.9. The molecular weight excluding hydrogens is 2040 g/mol. The molecule has 0 fully saturated rings. The summed E-state index contributed by atoms with van der Waals surface area (Å²) in [6.07, 6.45) is 8.37. The van der Waals surface area contributed by atoms with E-state index < -0.39 is 23.0 Å². The van der Waals surface area contributed by atoms with E-state index in [1.54, 1.807) is 115 Å². The van der Waals surface area contributed by atoms with Crippen molar-refractivity contribution in [2.75, 3.05) is 0 Å². The lowest BCUT2D eigenvalue weighted by Crippen LogP contribution is -2.13. The first-order chi connectivity index (χ1) is 54.6. The predicted octanol–water partition coefficient (Wildman–Crippen LogP) is 29.5. The topological polar surface area (TPSA) is 288 Å². The van der Waals surface area contributed by atoms with Gasteiger partial charge in [0.2, 0.25) is 0 Å². The lowest BCUT2D eigenvalue weighted by Gasteiger charge is -2.34. The highest BCUT2D eigenvalue weighted by atomic mass is 79.9. The minimum absolute atomic E-state index is 0.0569. The number of aliphatic imine (C=N–C) groups is 6. The molecule has 12 aromatic rings. The Morgan fingerprint density at radius 3 is 0.614 bits per heavy atom. The molecule has 36 heteroatoms. The average molecular weight is 2090 g/mol. The summed E-state index contributed by atoms with van der Waals surface area (Å²) < 4.78 is 65.9. The largest absolute Gasteiger partial charge is 0.506 e. The van der Waals surface area contributed by atoms with E-state index in [4.69, 9.17) is 140 Å². The third-order valence-corrected chi connectivity index (χ3v) is 27.9. The van der Waals surface area contributed by atoms with Crippen molar-refractivity contribution < 1.29 is 57.8 Å². The summed E-state index contributed by atoms with van der Waals surface area (Å²) in [4.78, 5) is 28.3. The molecule has 0 saturated heterocycles. The van der Waals surface area contributed by atoms with Gasteiger partial charge in [0.05, 0.1) is 0 Å².